The van der Waals surface area contributed by atoms with Gasteiger partial charge in [0.25, 0.3) is 0 Å². The van der Waals surface area contributed by atoms with Crippen LogP contribution in [0.2, 0.25) is 0 Å². The molecule has 1 N–H and O–H groups in total. The average Bonchev–Trinajstić information content (AvgIpc) is 2.41. The van der Waals surface area contributed by atoms with Crippen molar-refractivity contribution in [3.05, 3.63) is 29.8 Å². The van der Waals surface area contributed by atoms with Gasteiger partial charge >= 0.3 is 0 Å². The molecule has 1 aliphatic carbocycles. The molecule has 18 heavy (non-hydrogen) atoms. The number of carbonyl (C=O) groups excluding carboxylic acids is 1. The van der Waals surface area contributed by atoms with Crippen molar-refractivity contribution in [1.82, 2.24) is 0 Å². The second kappa shape index (κ2) is 5.11. The molecule has 0 radical (unpaired) electrons. The van der Waals surface area contributed by atoms with E-state index < -0.39 is 11.5 Å². The summed E-state index contributed by atoms with van der Waals surface area (Å²) in [5.41, 5.74) is 0.154. The van der Waals surface area contributed by atoms with Gasteiger partial charge in [-0.25, -0.2) is 0 Å². The van der Waals surface area contributed by atoms with Crippen LogP contribution in [0.3, 0.4) is 0 Å². The molecule has 3 heteroatoms. The number of rotatable bonds is 3. The largest absolute Gasteiger partial charge is 0.497 e. The maximum atomic E-state index is 12.1. The zero-order valence-corrected chi connectivity index (χ0v) is 11.0. The Kier molecular flexibility index (Phi) is 3.71. The molecule has 1 fully saturated rings. The second-order valence-corrected chi connectivity index (χ2v) is 5.22. The summed E-state index contributed by atoms with van der Waals surface area (Å²) >= 11 is 0. The zero-order valence-electron chi connectivity index (χ0n) is 11.0. The number of carbonyl (C=O) groups is 1. The average molecular weight is 248 g/mol. The highest BCUT2D eigenvalue weighted by Gasteiger charge is 2.42. The third kappa shape index (κ3) is 2.27. The van der Waals surface area contributed by atoms with Gasteiger partial charge < -0.3 is 9.84 Å². The molecule has 1 aliphatic rings. The Labute approximate surface area is 108 Å². The van der Waals surface area contributed by atoms with Gasteiger partial charge in [0.05, 0.1) is 18.6 Å². The molecule has 1 saturated carbocycles. The molecular weight excluding hydrogens is 228 g/mol. The molecule has 0 unspecified atom stereocenters. The Hall–Kier alpha value is -1.35. The summed E-state index contributed by atoms with van der Waals surface area (Å²) in [7, 11) is 1.61. The summed E-state index contributed by atoms with van der Waals surface area (Å²) in [6.45, 7) is 1.88. The monoisotopic (exact) mass is 248 g/mol. The van der Waals surface area contributed by atoms with Crippen LogP contribution in [0.25, 0.3) is 0 Å². The van der Waals surface area contributed by atoms with Crippen molar-refractivity contribution in [1.29, 1.82) is 0 Å². The molecule has 0 bridgehead atoms. The smallest absolute Gasteiger partial charge is 0.141 e. The van der Waals surface area contributed by atoms with Gasteiger partial charge in [0.15, 0.2) is 0 Å². The number of aliphatic hydroxyl groups excluding tert-OH is 1. The van der Waals surface area contributed by atoms with Crippen LogP contribution in [-0.4, -0.2) is 18.0 Å². The molecule has 0 saturated heterocycles. The number of hydrogen-bond donors (Lipinski definition) is 1. The van der Waals surface area contributed by atoms with E-state index in [1.165, 1.54) is 0 Å². The first-order chi connectivity index (χ1) is 8.58. The van der Waals surface area contributed by atoms with Gasteiger partial charge in [-0.2, -0.15) is 0 Å². The minimum Gasteiger partial charge on any atom is -0.497 e. The summed E-state index contributed by atoms with van der Waals surface area (Å²) in [5, 5.41) is 10.5. The minimum absolute atomic E-state index is 0.178. The van der Waals surface area contributed by atoms with Gasteiger partial charge in [-0.15, -0.1) is 0 Å². The number of benzene rings is 1. The van der Waals surface area contributed by atoms with Crippen LogP contribution >= 0.6 is 0 Å². The van der Waals surface area contributed by atoms with Crippen LogP contribution < -0.4 is 4.74 Å². The molecule has 98 valence electrons. The number of ketones is 1. The standard InChI is InChI=1S/C15H20O3/c1-15(10-4-3-5-13(15)16)14(17)11-6-8-12(18-2)9-7-11/h6-9,14,17H,3-5,10H2,1-2H3/t14-,15+/m0/s1. The molecule has 0 amide bonds. The van der Waals surface area contributed by atoms with Crippen molar-refractivity contribution in [3.8, 4) is 5.75 Å². The summed E-state index contributed by atoms with van der Waals surface area (Å²) < 4.78 is 5.09. The molecule has 0 heterocycles. The van der Waals surface area contributed by atoms with E-state index in [4.69, 9.17) is 4.74 Å². The predicted molar refractivity (Wildman–Crippen MR) is 69.5 cm³/mol. The topological polar surface area (TPSA) is 46.5 Å². The fourth-order valence-corrected chi connectivity index (χ4v) is 2.65. The van der Waals surface area contributed by atoms with E-state index in [0.29, 0.717) is 6.42 Å². The lowest BCUT2D eigenvalue weighted by atomic mass is 9.69. The molecular formula is C15H20O3. The van der Waals surface area contributed by atoms with Crippen LogP contribution in [0.4, 0.5) is 0 Å². The lowest BCUT2D eigenvalue weighted by Gasteiger charge is -2.36. The summed E-state index contributed by atoms with van der Waals surface area (Å²) in [6.07, 6.45) is 2.58. The number of hydrogen-bond acceptors (Lipinski definition) is 3. The van der Waals surface area contributed by atoms with Crippen LogP contribution in [0.1, 0.15) is 44.3 Å². The first-order valence-electron chi connectivity index (χ1n) is 6.43. The van der Waals surface area contributed by atoms with E-state index in [1.54, 1.807) is 7.11 Å². The highest BCUT2D eigenvalue weighted by atomic mass is 16.5. The molecule has 3 nitrogen and oxygen atoms in total. The third-order valence-electron chi connectivity index (χ3n) is 4.02. The van der Waals surface area contributed by atoms with Crippen molar-refractivity contribution >= 4 is 5.78 Å². The maximum absolute atomic E-state index is 12.1. The molecule has 0 aromatic heterocycles. The lowest BCUT2D eigenvalue weighted by Crippen LogP contribution is -2.37. The normalized spacial score (nSPS) is 25.8. The Morgan fingerprint density at radius 1 is 1.28 bits per heavy atom. The molecule has 0 spiro atoms. The van der Waals surface area contributed by atoms with E-state index in [2.05, 4.69) is 0 Å². The van der Waals surface area contributed by atoms with Gasteiger partial charge in [0, 0.05) is 6.42 Å². The first-order valence-corrected chi connectivity index (χ1v) is 6.43. The van der Waals surface area contributed by atoms with Crippen LogP contribution in [-0.2, 0) is 4.79 Å². The van der Waals surface area contributed by atoms with Gasteiger partial charge in [-0.3, -0.25) is 4.79 Å². The Balaban J connectivity index is 2.23. The number of aliphatic hydroxyl groups is 1. The highest BCUT2D eigenvalue weighted by molar-refractivity contribution is 5.85. The number of ether oxygens (including phenoxy) is 1. The second-order valence-electron chi connectivity index (χ2n) is 5.22. The van der Waals surface area contributed by atoms with Crippen molar-refractivity contribution < 1.29 is 14.6 Å². The Morgan fingerprint density at radius 3 is 2.50 bits per heavy atom. The lowest BCUT2D eigenvalue weighted by molar-refractivity contribution is -0.138. The molecule has 0 aliphatic heterocycles. The number of methoxy groups -OCH3 is 1. The Morgan fingerprint density at radius 2 is 1.94 bits per heavy atom. The van der Waals surface area contributed by atoms with Crippen LogP contribution in [0.15, 0.2) is 24.3 Å². The van der Waals surface area contributed by atoms with Gasteiger partial charge in [-0.1, -0.05) is 18.6 Å². The van der Waals surface area contributed by atoms with Gasteiger partial charge in [0.1, 0.15) is 11.5 Å². The van der Waals surface area contributed by atoms with E-state index in [1.807, 2.05) is 31.2 Å². The van der Waals surface area contributed by atoms with Gasteiger partial charge in [0.2, 0.25) is 0 Å². The predicted octanol–water partition coefficient (Wildman–Crippen LogP) is 2.88. The number of Topliss-reactive ketones (excluding diaryl/α,β-unsaturated/α-hetero) is 1. The summed E-state index contributed by atoms with van der Waals surface area (Å²) in [6, 6.07) is 7.29. The fraction of sp³-hybridized carbons (Fsp3) is 0.533. The van der Waals surface area contributed by atoms with Crippen molar-refractivity contribution in [2.75, 3.05) is 7.11 Å². The van der Waals surface area contributed by atoms with E-state index in [-0.39, 0.29) is 5.78 Å². The SMILES string of the molecule is COc1ccc([C@H](O)[C@]2(C)CCCCC2=O)cc1. The molecule has 1 aromatic rings. The van der Waals surface area contributed by atoms with Crippen LogP contribution in [0, 0.1) is 5.41 Å². The molecule has 2 atom stereocenters. The van der Waals surface area contributed by atoms with E-state index in [9.17, 15) is 9.90 Å². The molecule has 2 rings (SSSR count). The van der Waals surface area contributed by atoms with Crippen molar-refractivity contribution in [3.63, 3.8) is 0 Å². The third-order valence-corrected chi connectivity index (χ3v) is 4.02. The van der Waals surface area contributed by atoms with E-state index in [0.717, 1.165) is 30.6 Å². The maximum Gasteiger partial charge on any atom is 0.141 e. The summed E-state index contributed by atoms with van der Waals surface area (Å²) in [4.78, 5) is 12.1. The zero-order chi connectivity index (χ0) is 13.2. The van der Waals surface area contributed by atoms with Crippen molar-refractivity contribution in [2.45, 2.75) is 38.7 Å². The molecule has 1 aromatic carbocycles. The van der Waals surface area contributed by atoms with Crippen LogP contribution in [0.5, 0.6) is 5.75 Å². The first kappa shape index (κ1) is 13.1. The van der Waals surface area contributed by atoms with Gasteiger partial charge in [-0.05, 0) is 37.5 Å². The minimum atomic E-state index is -0.726. The highest BCUT2D eigenvalue weighted by Crippen LogP contribution is 2.43. The summed E-state index contributed by atoms with van der Waals surface area (Å²) in [5.74, 6) is 0.933. The van der Waals surface area contributed by atoms with E-state index >= 15 is 0 Å². The fourth-order valence-electron chi connectivity index (χ4n) is 2.65. The quantitative estimate of drug-likeness (QED) is 0.894. The Bertz CT molecular complexity index is 424. The van der Waals surface area contributed by atoms with Crippen molar-refractivity contribution in [2.24, 2.45) is 5.41 Å².